The molecule has 0 saturated heterocycles. The number of aryl methyl sites for hydroxylation is 3. The minimum absolute atomic E-state index is 0.167. The Morgan fingerprint density at radius 3 is 2.69 bits per heavy atom. The van der Waals surface area contributed by atoms with Gasteiger partial charge in [0.15, 0.2) is 5.82 Å². The van der Waals surface area contributed by atoms with E-state index in [0.29, 0.717) is 18.7 Å². The molecule has 0 fully saturated rings. The van der Waals surface area contributed by atoms with Crippen molar-refractivity contribution in [3.8, 4) is 0 Å². The number of aliphatic carboxylic acids is 1. The van der Waals surface area contributed by atoms with Crippen molar-refractivity contribution in [2.45, 2.75) is 44.9 Å². The summed E-state index contributed by atoms with van der Waals surface area (Å²) in [6, 6.07) is 0. The van der Waals surface area contributed by atoms with Crippen LogP contribution in [0.1, 0.15) is 42.9 Å². The van der Waals surface area contributed by atoms with E-state index in [1.165, 1.54) is 12.8 Å². The summed E-state index contributed by atoms with van der Waals surface area (Å²) in [4.78, 5) is 14.8. The fraction of sp³-hybridized carbons (Fsp3) is 0.636. The summed E-state index contributed by atoms with van der Waals surface area (Å²) in [6.45, 7) is 0. The molecule has 1 aliphatic rings. The van der Waals surface area contributed by atoms with Crippen LogP contribution in [-0.4, -0.2) is 26.3 Å². The van der Waals surface area contributed by atoms with Crippen molar-refractivity contribution in [1.82, 2.24) is 15.2 Å². The molecule has 0 aliphatic heterocycles. The van der Waals surface area contributed by atoms with Gasteiger partial charge in [-0.2, -0.15) is 5.10 Å². The molecule has 5 nitrogen and oxygen atoms in total. The second-order valence-corrected chi connectivity index (χ2v) is 4.08. The summed E-state index contributed by atoms with van der Waals surface area (Å²) in [6.07, 6.45) is 5.65. The Kier molecular flexibility index (Phi) is 3.44. The normalized spacial score (nSPS) is 14.5. The number of carboxylic acid groups (broad SMARTS) is 1. The Labute approximate surface area is 93.9 Å². The number of carbonyl (C=O) groups is 1. The van der Waals surface area contributed by atoms with E-state index in [4.69, 9.17) is 5.11 Å². The highest BCUT2D eigenvalue weighted by atomic mass is 16.4. The molecule has 0 aromatic carbocycles. The molecule has 0 saturated carbocycles. The van der Waals surface area contributed by atoms with Gasteiger partial charge in [-0.05, 0) is 32.1 Å². The number of hydrogen-bond acceptors (Lipinski definition) is 4. The lowest BCUT2D eigenvalue weighted by Crippen LogP contribution is -2.12. The van der Waals surface area contributed by atoms with Crippen molar-refractivity contribution in [3.63, 3.8) is 0 Å². The molecule has 0 unspecified atom stereocenters. The molecule has 86 valence electrons. The minimum Gasteiger partial charge on any atom is -0.481 e. The zero-order valence-corrected chi connectivity index (χ0v) is 9.15. The minimum atomic E-state index is -0.772. The lowest BCUT2D eigenvalue weighted by molar-refractivity contribution is -0.137. The van der Waals surface area contributed by atoms with Crippen LogP contribution < -0.4 is 0 Å². The molecule has 16 heavy (non-hydrogen) atoms. The summed E-state index contributed by atoms with van der Waals surface area (Å²) in [5.74, 6) is -0.0900. The first kappa shape index (κ1) is 11.0. The summed E-state index contributed by atoms with van der Waals surface area (Å²) in [7, 11) is 0. The van der Waals surface area contributed by atoms with Crippen LogP contribution >= 0.6 is 0 Å². The average molecular weight is 221 g/mol. The van der Waals surface area contributed by atoms with Crippen molar-refractivity contribution in [2.75, 3.05) is 0 Å². The number of aromatic nitrogens is 3. The summed E-state index contributed by atoms with van der Waals surface area (Å²) < 4.78 is 0. The molecule has 0 radical (unpaired) electrons. The second kappa shape index (κ2) is 5.01. The topological polar surface area (TPSA) is 76.0 Å². The van der Waals surface area contributed by atoms with Crippen LogP contribution in [0.15, 0.2) is 0 Å². The standard InChI is InChI=1S/C11H15N3O2/c15-11(16)7-3-6-10-12-8-4-1-2-5-9(8)13-14-10/h1-7H2,(H,15,16). The van der Waals surface area contributed by atoms with Crippen LogP contribution in [0.5, 0.6) is 0 Å². The first-order valence-electron chi connectivity index (χ1n) is 5.69. The molecule has 5 heteroatoms. The SMILES string of the molecule is O=C(O)CCCc1nnc2c(n1)CCCC2. The number of nitrogens with zero attached hydrogens (tertiary/aromatic N) is 3. The van der Waals surface area contributed by atoms with Crippen molar-refractivity contribution in [2.24, 2.45) is 0 Å². The van der Waals surface area contributed by atoms with Gasteiger partial charge in [0.2, 0.25) is 0 Å². The van der Waals surface area contributed by atoms with Gasteiger partial charge < -0.3 is 5.11 Å². The van der Waals surface area contributed by atoms with E-state index in [1.54, 1.807) is 0 Å². The monoisotopic (exact) mass is 221 g/mol. The first-order chi connectivity index (χ1) is 7.75. The van der Waals surface area contributed by atoms with Crippen LogP contribution in [0.4, 0.5) is 0 Å². The van der Waals surface area contributed by atoms with E-state index in [-0.39, 0.29) is 6.42 Å². The molecule has 1 N–H and O–H groups in total. The summed E-state index contributed by atoms with van der Waals surface area (Å²) in [5.41, 5.74) is 2.08. The van der Waals surface area contributed by atoms with Gasteiger partial charge in [-0.3, -0.25) is 4.79 Å². The third-order valence-corrected chi connectivity index (χ3v) is 2.75. The molecule has 0 amide bonds. The fourth-order valence-corrected chi connectivity index (χ4v) is 1.90. The van der Waals surface area contributed by atoms with Crippen molar-refractivity contribution in [1.29, 1.82) is 0 Å². The zero-order valence-electron chi connectivity index (χ0n) is 9.15. The van der Waals surface area contributed by atoms with Crippen molar-refractivity contribution < 1.29 is 9.90 Å². The van der Waals surface area contributed by atoms with Gasteiger partial charge in [-0.25, -0.2) is 4.98 Å². The van der Waals surface area contributed by atoms with E-state index < -0.39 is 5.97 Å². The second-order valence-electron chi connectivity index (χ2n) is 4.08. The maximum absolute atomic E-state index is 10.4. The van der Waals surface area contributed by atoms with Gasteiger partial charge >= 0.3 is 5.97 Å². The Bertz CT molecular complexity index is 393. The summed E-state index contributed by atoms with van der Waals surface area (Å²) in [5, 5.41) is 16.7. The van der Waals surface area contributed by atoms with Crippen LogP contribution in [0.2, 0.25) is 0 Å². The van der Waals surface area contributed by atoms with Gasteiger partial charge in [0.05, 0.1) is 11.4 Å². The molecule has 1 heterocycles. The molecule has 2 rings (SSSR count). The highest BCUT2D eigenvalue weighted by molar-refractivity contribution is 5.66. The average Bonchev–Trinajstić information content (AvgIpc) is 2.28. The van der Waals surface area contributed by atoms with Gasteiger partial charge in [0, 0.05) is 12.8 Å². The predicted molar refractivity (Wildman–Crippen MR) is 57.0 cm³/mol. The smallest absolute Gasteiger partial charge is 0.303 e. The number of fused-ring (bicyclic) bond motifs is 1. The van der Waals surface area contributed by atoms with Crippen LogP contribution in [0, 0.1) is 0 Å². The molecule has 1 aromatic rings. The quantitative estimate of drug-likeness (QED) is 0.825. The molecule has 1 aliphatic carbocycles. The zero-order chi connectivity index (χ0) is 11.4. The molecule has 0 bridgehead atoms. The Balaban J connectivity index is 1.97. The molecular formula is C11H15N3O2. The van der Waals surface area contributed by atoms with Gasteiger partial charge in [0.1, 0.15) is 0 Å². The van der Waals surface area contributed by atoms with Gasteiger partial charge in [0.25, 0.3) is 0 Å². The first-order valence-corrected chi connectivity index (χ1v) is 5.69. The van der Waals surface area contributed by atoms with Crippen LogP contribution in [0.3, 0.4) is 0 Å². The van der Waals surface area contributed by atoms with Crippen LogP contribution in [0.25, 0.3) is 0 Å². The molecule has 0 atom stereocenters. The maximum Gasteiger partial charge on any atom is 0.303 e. The highest BCUT2D eigenvalue weighted by Gasteiger charge is 2.13. The van der Waals surface area contributed by atoms with Gasteiger partial charge in [-0.1, -0.05) is 0 Å². The third-order valence-electron chi connectivity index (χ3n) is 2.75. The van der Waals surface area contributed by atoms with Crippen molar-refractivity contribution in [3.05, 3.63) is 17.2 Å². The van der Waals surface area contributed by atoms with Gasteiger partial charge in [-0.15, -0.1) is 5.10 Å². The van der Waals surface area contributed by atoms with E-state index in [0.717, 1.165) is 24.2 Å². The molecule has 1 aromatic heterocycles. The van der Waals surface area contributed by atoms with E-state index in [1.807, 2.05) is 0 Å². The third kappa shape index (κ3) is 2.74. The number of hydrogen-bond donors (Lipinski definition) is 1. The Morgan fingerprint density at radius 2 is 1.94 bits per heavy atom. The largest absolute Gasteiger partial charge is 0.481 e. The fourth-order valence-electron chi connectivity index (χ4n) is 1.90. The Hall–Kier alpha value is -1.52. The van der Waals surface area contributed by atoms with E-state index >= 15 is 0 Å². The number of rotatable bonds is 4. The summed E-state index contributed by atoms with van der Waals surface area (Å²) >= 11 is 0. The predicted octanol–water partition coefficient (Wildman–Crippen LogP) is 1.16. The lowest BCUT2D eigenvalue weighted by atomic mass is 10.0. The number of carboxylic acids is 1. The maximum atomic E-state index is 10.4. The Morgan fingerprint density at radius 1 is 1.19 bits per heavy atom. The van der Waals surface area contributed by atoms with Crippen molar-refractivity contribution >= 4 is 5.97 Å². The van der Waals surface area contributed by atoms with E-state index in [2.05, 4.69) is 15.2 Å². The molecular weight excluding hydrogens is 206 g/mol. The molecule has 0 spiro atoms. The van der Waals surface area contributed by atoms with Crippen LogP contribution in [-0.2, 0) is 24.1 Å². The highest BCUT2D eigenvalue weighted by Crippen LogP contribution is 2.16. The van der Waals surface area contributed by atoms with E-state index in [9.17, 15) is 4.79 Å². The lowest BCUT2D eigenvalue weighted by Gasteiger charge is -2.12.